The Kier molecular flexibility index (Phi) is 7.46. The van der Waals surface area contributed by atoms with E-state index in [0.29, 0.717) is 11.5 Å². The first-order chi connectivity index (χ1) is 11.4. The number of benzene rings is 1. The predicted octanol–water partition coefficient (Wildman–Crippen LogP) is 0.337. The lowest BCUT2D eigenvalue weighted by molar-refractivity contribution is -0.125. The Labute approximate surface area is 151 Å². The number of carbonyl (C=O) groups is 2. The summed E-state index contributed by atoms with van der Waals surface area (Å²) in [7, 11) is 1.73. The molecule has 0 aliphatic carbocycles. The van der Waals surface area contributed by atoms with Gasteiger partial charge >= 0.3 is 0 Å². The molecule has 0 unspecified atom stereocenters. The molecule has 1 aromatic carbocycles. The Balaban J connectivity index is 0.00000312. The van der Waals surface area contributed by atoms with Crippen LogP contribution in [-0.4, -0.2) is 44.6 Å². The molecule has 2 rings (SSSR count). The number of tetrazole rings is 1. The molecule has 0 aliphatic rings. The van der Waals surface area contributed by atoms with E-state index in [1.54, 1.807) is 25.2 Å². The summed E-state index contributed by atoms with van der Waals surface area (Å²) in [4.78, 5) is 23.7. The second-order valence-corrected chi connectivity index (χ2v) is 5.74. The highest BCUT2D eigenvalue weighted by molar-refractivity contribution is 5.95. The molecule has 10 heteroatoms. The van der Waals surface area contributed by atoms with Crippen LogP contribution in [0.1, 0.15) is 13.8 Å². The predicted molar refractivity (Wildman–Crippen MR) is 95.9 cm³/mol. The minimum absolute atomic E-state index is 0. The molecule has 1 atom stereocenters. The van der Waals surface area contributed by atoms with Gasteiger partial charge in [0.25, 0.3) is 0 Å². The van der Waals surface area contributed by atoms with Crippen molar-refractivity contribution in [2.75, 3.05) is 11.9 Å². The number of nitrogens with two attached hydrogens (primary N) is 1. The highest BCUT2D eigenvalue weighted by Crippen LogP contribution is 2.19. The summed E-state index contributed by atoms with van der Waals surface area (Å²) >= 11 is 0. The average molecular weight is 368 g/mol. The number of aryl methyl sites for hydroxylation is 1. The molecule has 0 spiro atoms. The number of hydrogen-bond donors (Lipinski definition) is 3. The van der Waals surface area contributed by atoms with Crippen molar-refractivity contribution in [2.45, 2.75) is 19.9 Å². The highest BCUT2D eigenvalue weighted by atomic mass is 35.5. The molecule has 9 nitrogen and oxygen atoms in total. The summed E-state index contributed by atoms with van der Waals surface area (Å²) in [5.74, 6) is -0.0985. The smallest absolute Gasteiger partial charge is 0.243 e. The lowest BCUT2D eigenvalue weighted by Gasteiger charge is -2.15. The molecule has 2 amide bonds. The number of hydrogen-bond acceptors (Lipinski definition) is 6. The third-order valence-corrected chi connectivity index (χ3v) is 3.47. The Morgan fingerprint density at radius 2 is 2.04 bits per heavy atom. The zero-order valence-corrected chi connectivity index (χ0v) is 15.1. The summed E-state index contributed by atoms with van der Waals surface area (Å²) in [6.45, 7) is 3.54. The minimum Gasteiger partial charge on any atom is -0.346 e. The molecule has 4 N–H and O–H groups in total. The van der Waals surface area contributed by atoms with Crippen molar-refractivity contribution in [2.24, 2.45) is 18.7 Å². The average Bonchev–Trinajstić information content (AvgIpc) is 2.98. The molecule has 25 heavy (non-hydrogen) atoms. The van der Waals surface area contributed by atoms with E-state index in [-0.39, 0.29) is 36.7 Å². The van der Waals surface area contributed by atoms with Crippen molar-refractivity contribution in [3.8, 4) is 11.4 Å². The third kappa shape index (κ3) is 5.50. The maximum atomic E-state index is 12.0. The second-order valence-electron chi connectivity index (χ2n) is 5.74. The van der Waals surface area contributed by atoms with Crippen LogP contribution in [0.4, 0.5) is 5.69 Å². The maximum Gasteiger partial charge on any atom is 0.243 e. The van der Waals surface area contributed by atoms with Crippen molar-refractivity contribution in [3.05, 3.63) is 24.3 Å². The lowest BCUT2D eigenvalue weighted by Crippen LogP contribution is -2.46. The number of halogens is 1. The summed E-state index contributed by atoms with van der Waals surface area (Å²) < 4.78 is 1.54. The second kappa shape index (κ2) is 9.09. The molecule has 1 heterocycles. The number of anilines is 1. The van der Waals surface area contributed by atoms with E-state index in [1.807, 2.05) is 19.9 Å². The Morgan fingerprint density at radius 1 is 1.32 bits per heavy atom. The Morgan fingerprint density at radius 3 is 2.64 bits per heavy atom. The number of aromatic nitrogens is 4. The van der Waals surface area contributed by atoms with Gasteiger partial charge in [-0.1, -0.05) is 26.0 Å². The molecule has 0 bridgehead atoms. The zero-order chi connectivity index (χ0) is 17.7. The van der Waals surface area contributed by atoms with Gasteiger partial charge in [0.05, 0.1) is 12.6 Å². The summed E-state index contributed by atoms with van der Waals surface area (Å²) in [5.41, 5.74) is 7.08. The van der Waals surface area contributed by atoms with Crippen LogP contribution in [0.5, 0.6) is 0 Å². The van der Waals surface area contributed by atoms with E-state index < -0.39 is 6.04 Å². The topological polar surface area (TPSA) is 128 Å². The number of carbonyl (C=O) groups excluding carboxylic acids is 2. The number of nitrogens with one attached hydrogen (secondary N) is 2. The molecule has 0 radical (unpaired) electrons. The number of amides is 2. The first-order valence-electron chi connectivity index (χ1n) is 7.54. The van der Waals surface area contributed by atoms with Crippen molar-refractivity contribution >= 4 is 29.9 Å². The standard InChI is InChI=1S/C15H21N7O2.ClH/c1-9(2)13(16)15(24)17-8-12(23)18-11-6-4-5-10(7-11)14-19-20-21-22(14)3;/h4-7,9,13H,8,16H2,1-3H3,(H,17,24)(H,18,23);1H/t13-;/m0./s1. The van der Waals surface area contributed by atoms with E-state index in [0.717, 1.165) is 5.56 Å². The summed E-state index contributed by atoms with van der Waals surface area (Å²) in [6, 6.07) is 6.49. The zero-order valence-electron chi connectivity index (χ0n) is 14.3. The fraction of sp³-hybridized carbons (Fsp3) is 0.400. The van der Waals surface area contributed by atoms with Crippen molar-refractivity contribution < 1.29 is 9.59 Å². The molecule has 0 aliphatic heterocycles. The van der Waals surface area contributed by atoms with Crippen LogP contribution in [0.3, 0.4) is 0 Å². The van der Waals surface area contributed by atoms with Gasteiger partial charge in [-0.3, -0.25) is 9.59 Å². The van der Waals surface area contributed by atoms with E-state index in [9.17, 15) is 9.59 Å². The molecular formula is C15H22ClN7O2. The van der Waals surface area contributed by atoms with Gasteiger partial charge in [-0.25, -0.2) is 4.68 Å². The van der Waals surface area contributed by atoms with Crippen LogP contribution in [0.15, 0.2) is 24.3 Å². The van der Waals surface area contributed by atoms with Crippen LogP contribution in [0, 0.1) is 5.92 Å². The molecule has 0 saturated carbocycles. The van der Waals surface area contributed by atoms with E-state index in [2.05, 4.69) is 26.2 Å². The van der Waals surface area contributed by atoms with Gasteiger partial charge in [0.1, 0.15) is 0 Å². The van der Waals surface area contributed by atoms with Gasteiger partial charge in [-0.2, -0.15) is 0 Å². The molecule has 2 aromatic rings. The highest BCUT2D eigenvalue weighted by Gasteiger charge is 2.17. The minimum atomic E-state index is -0.635. The van der Waals surface area contributed by atoms with Crippen molar-refractivity contribution in [3.63, 3.8) is 0 Å². The van der Waals surface area contributed by atoms with Gasteiger partial charge in [-0.15, -0.1) is 17.5 Å². The van der Waals surface area contributed by atoms with E-state index >= 15 is 0 Å². The van der Waals surface area contributed by atoms with E-state index in [1.165, 1.54) is 4.68 Å². The monoisotopic (exact) mass is 367 g/mol. The fourth-order valence-corrected chi connectivity index (χ4v) is 2.00. The molecule has 0 fully saturated rings. The van der Waals surface area contributed by atoms with Gasteiger partial charge in [-0.05, 0) is 28.5 Å². The van der Waals surface area contributed by atoms with Gasteiger partial charge in [0, 0.05) is 18.3 Å². The van der Waals surface area contributed by atoms with E-state index in [4.69, 9.17) is 5.73 Å². The number of nitrogens with zero attached hydrogens (tertiary/aromatic N) is 4. The normalized spacial score (nSPS) is 11.6. The fourth-order valence-electron chi connectivity index (χ4n) is 2.00. The molecular weight excluding hydrogens is 346 g/mol. The van der Waals surface area contributed by atoms with Crippen LogP contribution < -0.4 is 16.4 Å². The van der Waals surface area contributed by atoms with Gasteiger partial charge < -0.3 is 16.4 Å². The van der Waals surface area contributed by atoms with Crippen LogP contribution in [0.25, 0.3) is 11.4 Å². The first kappa shape index (κ1) is 20.5. The Bertz CT molecular complexity index is 732. The van der Waals surface area contributed by atoms with Crippen LogP contribution >= 0.6 is 12.4 Å². The summed E-state index contributed by atoms with van der Waals surface area (Å²) in [6.07, 6.45) is 0. The lowest BCUT2D eigenvalue weighted by atomic mass is 10.1. The Hall–Kier alpha value is -2.52. The number of rotatable bonds is 6. The summed E-state index contributed by atoms with van der Waals surface area (Å²) in [5, 5.41) is 16.5. The van der Waals surface area contributed by atoms with Gasteiger partial charge in [0.15, 0.2) is 5.82 Å². The molecule has 136 valence electrons. The van der Waals surface area contributed by atoms with Gasteiger partial charge in [0.2, 0.25) is 11.8 Å². The maximum absolute atomic E-state index is 12.0. The molecule has 1 aromatic heterocycles. The van der Waals surface area contributed by atoms with Crippen molar-refractivity contribution in [1.29, 1.82) is 0 Å². The molecule has 0 saturated heterocycles. The quantitative estimate of drug-likeness (QED) is 0.675. The largest absolute Gasteiger partial charge is 0.346 e. The first-order valence-corrected chi connectivity index (χ1v) is 7.54. The van der Waals surface area contributed by atoms with Crippen LogP contribution in [0.2, 0.25) is 0 Å². The third-order valence-electron chi connectivity index (χ3n) is 3.47. The SMILES string of the molecule is CC(C)[C@H](N)C(=O)NCC(=O)Nc1cccc(-c2nnnn2C)c1.Cl. The van der Waals surface area contributed by atoms with Crippen molar-refractivity contribution in [1.82, 2.24) is 25.5 Å². The van der Waals surface area contributed by atoms with Crippen LogP contribution in [-0.2, 0) is 16.6 Å².